The minimum absolute atomic E-state index is 0.410. The van der Waals surface area contributed by atoms with Gasteiger partial charge in [-0.25, -0.2) is 4.79 Å². The normalized spacial score (nSPS) is 14.4. The molecule has 0 unspecified atom stereocenters. The van der Waals surface area contributed by atoms with E-state index in [-0.39, 0.29) is 0 Å². The first-order valence-electron chi connectivity index (χ1n) is 8.65. The van der Waals surface area contributed by atoms with Crippen LogP contribution in [0.2, 0.25) is 0 Å². The number of hydrogen-bond donors (Lipinski definition) is 0. The van der Waals surface area contributed by atoms with Crippen LogP contribution in [0.25, 0.3) is 10.9 Å². The molecule has 1 aromatic heterocycles. The highest BCUT2D eigenvalue weighted by Gasteiger charge is 2.21. The van der Waals surface area contributed by atoms with Crippen LogP contribution in [-0.4, -0.2) is 29.6 Å². The zero-order valence-corrected chi connectivity index (χ0v) is 16.7. The average molecular weight is 398 g/mol. The van der Waals surface area contributed by atoms with Crippen molar-refractivity contribution in [2.45, 2.75) is 11.5 Å². The Labute approximate surface area is 166 Å². The molecule has 0 atom stereocenters. The SMILES string of the molecule is COc1cc(C2SCCS2)ccc1OC(=O)c1cc(C)nc2ccccc12. The minimum atomic E-state index is -0.410. The number of carbonyl (C=O) groups is 1. The zero-order valence-electron chi connectivity index (χ0n) is 15.1. The van der Waals surface area contributed by atoms with Crippen molar-refractivity contribution in [1.29, 1.82) is 0 Å². The second-order valence-corrected chi connectivity index (χ2v) is 8.93. The van der Waals surface area contributed by atoms with Gasteiger partial charge in [-0.15, -0.1) is 23.5 Å². The van der Waals surface area contributed by atoms with E-state index in [2.05, 4.69) is 4.98 Å². The van der Waals surface area contributed by atoms with Gasteiger partial charge in [0.2, 0.25) is 0 Å². The van der Waals surface area contributed by atoms with E-state index < -0.39 is 5.97 Å². The Morgan fingerprint density at radius 1 is 1.07 bits per heavy atom. The molecule has 1 aliphatic heterocycles. The molecule has 0 saturated carbocycles. The Morgan fingerprint density at radius 3 is 2.63 bits per heavy atom. The van der Waals surface area contributed by atoms with Crippen molar-refractivity contribution in [2.24, 2.45) is 0 Å². The van der Waals surface area contributed by atoms with Gasteiger partial charge in [0, 0.05) is 22.6 Å². The molecule has 0 aliphatic carbocycles. The van der Waals surface area contributed by atoms with Gasteiger partial charge in [-0.05, 0) is 36.8 Å². The van der Waals surface area contributed by atoms with Gasteiger partial charge >= 0.3 is 5.97 Å². The number of carbonyl (C=O) groups excluding carboxylic acids is 1. The van der Waals surface area contributed by atoms with E-state index in [9.17, 15) is 4.79 Å². The van der Waals surface area contributed by atoms with Gasteiger partial charge < -0.3 is 9.47 Å². The fraction of sp³-hybridized carbons (Fsp3) is 0.238. The number of para-hydroxylation sites is 1. The molecule has 1 fully saturated rings. The fourth-order valence-electron chi connectivity index (χ4n) is 3.10. The van der Waals surface area contributed by atoms with Crippen LogP contribution in [0.15, 0.2) is 48.5 Å². The molecule has 138 valence electrons. The minimum Gasteiger partial charge on any atom is -0.493 e. The lowest BCUT2D eigenvalue weighted by atomic mass is 10.1. The molecule has 2 heterocycles. The standard InChI is InChI=1S/C21H19NO3S2/c1-13-11-16(15-5-3-4-6-17(15)22-13)20(23)25-18-8-7-14(12-19(18)24-2)21-26-9-10-27-21/h3-8,11-12,21H,9-10H2,1-2H3. The lowest BCUT2D eigenvalue weighted by molar-refractivity contribution is 0.0731. The maximum absolute atomic E-state index is 12.9. The van der Waals surface area contributed by atoms with Crippen molar-refractivity contribution in [1.82, 2.24) is 4.98 Å². The Hall–Kier alpha value is -2.18. The Balaban J connectivity index is 1.65. The van der Waals surface area contributed by atoms with Crippen LogP contribution in [0, 0.1) is 6.92 Å². The molecule has 1 saturated heterocycles. The monoisotopic (exact) mass is 397 g/mol. The Morgan fingerprint density at radius 2 is 1.85 bits per heavy atom. The third-order valence-corrected chi connectivity index (χ3v) is 7.45. The van der Waals surface area contributed by atoms with Crippen LogP contribution in [0.1, 0.15) is 26.2 Å². The van der Waals surface area contributed by atoms with Crippen molar-refractivity contribution in [2.75, 3.05) is 18.6 Å². The lowest BCUT2D eigenvalue weighted by Gasteiger charge is -2.14. The van der Waals surface area contributed by atoms with Crippen molar-refractivity contribution >= 4 is 40.4 Å². The second kappa shape index (κ2) is 7.82. The van der Waals surface area contributed by atoms with Gasteiger partial charge in [-0.2, -0.15) is 0 Å². The molecular formula is C21H19NO3S2. The van der Waals surface area contributed by atoms with Crippen LogP contribution in [0.3, 0.4) is 0 Å². The van der Waals surface area contributed by atoms with E-state index in [1.54, 1.807) is 13.2 Å². The molecule has 27 heavy (non-hydrogen) atoms. The number of aryl methyl sites for hydroxylation is 1. The average Bonchev–Trinajstić information content (AvgIpc) is 3.22. The molecule has 0 amide bonds. The highest BCUT2D eigenvalue weighted by molar-refractivity contribution is 8.19. The first-order chi connectivity index (χ1) is 13.2. The second-order valence-electron chi connectivity index (χ2n) is 6.20. The van der Waals surface area contributed by atoms with E-state index in [0.717, 1.165) is 28.1 Å². The maximum atomic E-state index is 12.9. The highest BCUT2D eigenvalue weighted by atomic mass is 32.2. The summed E-state index contributed by atoms with van der Waals surface area (Å²) in [5, 5.41) is 0.780. The highest BCUT2D eigenvalue weighted by Crippen LogP contribution is 2.47. The van der Waals surface area contributed by atoms with Crippen molar-refractivity contribution in [3.8, 4) is 11.5 Å². The smallest absolute Gasteiger partial charge is 0.344 e. The molecule has 0 radical (unpaired) electrons. The summed E-state index contributed by atoms with van der Waals surface area (Å²) in [6.07, 6.45) is 0. The third-order valence-electron chi connectivity index (χ3n) is 4.35. The van der Waals surface area contributed by atoms with Crippen molar-refractivity contribution < 1.29 is 14.3 Å². The first kappa shape index (κ1) is 18.2. The number of thioether (sulfide) groups is 2. The Kier molecular flexibility index (Phi) is 5.27. The number of methoxy groups -OCH3 is 1. The fourth-order valence-corrected chi connectivity index (χ4v) is 5.94. The molecule has 3 aromatic rings. The van der Waals surface area contributed by atoms with Crippen LogP contribution >= 0.6 is 23.5 Å². The molecule has 2 aromatic carbocycles. The van der Waals surface area contributed by atoms with E-state index in [1.807, 2.05) is 72.9 Å². The summed E-state index contributed by atoms with van der Waals surface area (Å²) in [7, 11) is 1.59. The largest absolute Gasteiger partial charge is 0.493 e. The van der Waals surface area contributed by atoms with Crippen LogP contribution in [0.4, 0.5) is 0 Å². The van der Waals surface area contributed by atoms with Crippen LogP contribution < -0.4 is 9.47 Å². The number of esters is 1. The molecular weight excluding hydrogens is 378 g/mol. The molecule has 0 spiro atoms. The Bertz CT molecular complexity index is 1000. The number of pyridine rings is 1. The van der Waals surface area contributed by atoms with Gasteiger partial charge in [0.05, 0.1) is 22.8 Å². The summed E-state index contributed by atoms with van der Waals surface area (Å²) in [4.78, 5) is 17.4. The van der Waals surface area contributed by atoms with Crippen molar-refractivity contribution in [3.63, 3.8) is 0 Å². The number of nitrogens with zero attached hydrogens (tertiary/aromatic N) is 1. The molecule has 6 heteroatoms. The van der Waals surface area contributed by atoms with E-state index in [1.165, 1.54) is 5.56 Å². The zero-order chi connectivity index (χ0) is 18.8. The van der Waals surface area contributed by atoms with Crippen LogP contribution in [0.5, 0.6) is 11.5 Å². The maximum Gasteiger partial charge on any atom is 0.344 e. The van der Waals surface area contributed by atoms with Crippen molar-refractivity contribution in [3.05, 3.63) is 65.4 Å². The summed E-state index contributed by atoms with van der Waals surface area (Å²) in [6, 6.07) is 15.1. The number of ether oxygens (including phenoxy) is 2. The van der Waals surface area contributed by atoms with Gasteiger partial charge in [0.25, 0.3) is 0 Å². The first-order valence-corrected chi connectivity index (χ1v) is 10.7. The van der Waals surface area contributed by atoms with E-state index in [4.69, 9.17) is 9.47 Å². The predicted octanol–water partition coefficient (Wildman–Crippen LogP) is 5.25. The van der Waals surface area contributed by atoms with Crippen LogP contribution in [-0.2, 0) is 0 Å². The third kappa shape index (κ3) is 3.77. The predicted molar refractivity (Wildman–Crippen MR) is 112 cm³/mol. The van der Waals surface area contributed by atoms with E-state index >= 15 is 0 Å². The van der Waals surface area contributed by atoms with Gasteiger partial charge in [-0.1, -0.05) is 24.3 Å². The molecule has 4 nitrogen and oxygen atoms in total. The topological polar surface area (TPSA) is 48.4 Å². The molecule has 4 rings (SSSR count). The van der Waals surface area contributed by atoms with Gasteiger partial charge in [-0.3, -0.25) is 4.98 Å². The number of benzene rings is 2. The summed E-state index contributed by atoms with van der Waals surface area (Å²) >= 11 is 3.85. The number of aromatic nitrogens is 1. The summed E-state index contributed by atoms with van der Waals surface area (Å²) < 4.78 is 11.6. The summed E-state index contributed by atoms with van der Waals surface area (Å²) in [5.41, 5.74) is 3.25. The molecule has 0 bridgehead atoms. The number of rotatable bonds is 4. The van der Waals surface area contributed by atoms with E-state index in [0.29, 0.717) is 21.6 Å². The molecule has 1 aliphatic rings. The summed E-state index contributed by atoms with van der Waals surface area (Å²) in [6.45, 7) is 1.87. The molecule has 0 N–H and O–H groups in total. The summed E-state index contributed by atoms with van der Waals surface area (Å²) in [5.74, 6) is 2.90. The van der Waals surface area contributed by atoms with Gasteiger partial charge in [0.15, 0.2) is 11.5 Å². The quantitative estimate of drug-likeness (QED) is 0.443. The van der Waals surface area contributed by atoms with Gasteiger partial charge in [0.1, 0.15) is 0 Å². The lowest BCUT2D eigenvalue weighted by Crippen LogP contribution is -2.11. The number of hydrogen-bond acceptors (Lipinski definition) is 6. The number of fused-ring (bicyclic) bond motifs is 1.